The van der Waals surface area contributed by atoms with Gasteiger partial charge >= 0.3 is 0 Å². The number of hydrogen-bond acceptors (Lipinski definition) is 3. The van der Waals surface area contributed by atoms with Crippen molar-refractivity contribution in [1.29, 1.82) is 0 Å². The summed E-state index contributed by atoms with van der Waals surface area (Å²) in [5, 5.41) is 0. The van der Waals surface area contributed by atoms with Crippen LogP contribution in [-0.4, -0.2) is 12.1 Å². The number of halogens is 1. The predicted molar refractivity (Wildman–Crippen MR) is 51.9 cm³/mol. The van der Waals surface area contributed by atoms with Crippen LogP contribution in [0.2, 0.25) is 0 Å². The van der Waals surface area contributed by atoms with Crippen molar-refractivity contribution in [1.82, 2.24) is 4.98 Å². The fourth-order valence-electron chi connectivity index (χ4n) is 0.728. The van der Waals surface area contributed by atoms with Crippen molar-refractivity contribution in [2.24, 2.45) is 5.73 Å². The molecule has 0 aliphatic carbocycles. The summed E-state index contributed by atoms with van der Waals surface area (Å²) in [5.41, 5.74) is 6.08. The minimum absolute atomic E-state index is 0.732. The predicted octanol–water partition coefficient (Wildman–Crippen LogP) is 1.74. The first kappa shape index (κ1) is 9.06. The molecule has 1 aromatic heterocycles. The third kappa shape index (κ3) is 1.98. The Morgan fingerprint density at radius 3 is 2.83 bits per heavy atom. The Hall–Kier alpha value is -1.03. The average Bonchev–Trinajstić information content (AvgIpc) is 2.17. The zero-order valence-electron chi connectivity index (χ0n) is 6.62. The van der Waals surface area contributed by atoms with E-state index < -0.39 is 0 Å². The molecule has 12 heavy (non-hydrogen) atoms. The first-order valence-electron chi connectivity index (χ1n) is 3.35. The first-order valence-corrected chi connectivity index (χ1v) is 4.15. The molecule has 0 aliphatic heterocycles. The van der Waals surface area contributed by atoms with Gasteiger partial charge in [0, 0.05) is 6.20 Å². The maximum atomic E-state index is 5.29. The van der Waals surface area contributed by atoms with E-state index in [-0.39, 0.29) is 0 Å². The van der Waals surface area contributed by atoms with E-state index in [4.69, 9.17) is 10.5 Å². The number of nitrogens with two attached hydrogens (primary N) is 1. The molecule has 0 radical (unpaired) electrons. The molecule has 0 aromatic carbocycles. The summed E-state index contributed by atoms with van der Waals surface area (Å²) in [5.74, 6) is 0.732. The SMILES string of the molecule is COc1ccc(C(Br)=CN)nc1. The van der Waals surface area contributed by atoms with Gasteiger partial charge in [0.05, 0.1) is 23.5 Å². The highest BCUT2D eigenvalue weighted by Crippen LogP contribution is 2.19. The Morgan fingerprint density at radius 1 is 1.67 bits per heavy atom. The molecule has 1 rings (SSSR count). The fraction of sp³-hybridized carbons (Fsp3) is 0.125. The Kier molecular flexibility index (Phi) is 3.10. The van der Waals surface area contributed by atoms with E-state index in [1.165, 1.54) is 6.20 Å². The molecular formula is C8H9BrN2O. The Morgan fingerprint density at radius 2 is 2.42 bits per heavy atom. The second-order valence-corrected chi connectivity index (χ2v) is 2.95. The molecule has 0 aliphatic rings. The number of aromatic nitrogens is 1. The molecule has 0 unspecified atom stereocenters. The van der Waals surface area contributed by atoms with Gasteiger partial charge in [-0.2, -0.15) is 0 Å². The van der Waals surface area contributed by atoms with Crippen molar-refractivity contribution in [3.63, 3.8) is 0 Å². The van der Waals surface area contributed by atoms with Crippen molar-refractivity contribution in [3.8, 4) is 5.75 Å². The summed E-state index contributed by atoms with van der Waals surface area (Å²) in [7, 11) is 1.60. The number of pyridine rings is 1. The van der Waals surface area contributed by atoms with Gasteiger partial charge in [0.25, 0.3) is 0 Å². The normalized spacial score (nSPS) is 11.3. The molecule has 0 spiro atoms. The van der Waals surface area contributed by atoms with Crippen LogP contribution in [0.5, 0.6) is 5.75 Å². The van der Waals surface area contributed by atoms with Gasteiger partial charge in [-0.15, -0.1) is 0 Å². The average molecular weight is 229 g/mol. The van der Waals surface area contributed by atoms with Gasteiger partial charge in [0.15, 0.2) is 0 Å². The number of hydrogen-bond donors (Lipinski definition) is 1. The second kappa shape index (κ2) is 4.11. The lowest BCUT2D eigenvalue weighted by atomic mass is 10.3. The molecule has 0 amide bonds. The van der Waals surface area contributed by atoms with Gasteiger partial charge < -0.3 is 10.5 Å². The van der Waals surface area contributed by atoms with Gasteiger partial charge in [-0.05, 0) is 28.1 Å². The lowest BCUT2D eigenvalue weighted by Crippen LogP contribution is -1.89. The zero-order chi connectivity index (χ0) is 8.97. The van der Waals surface area contributed by atoms with E-state index in [1.54, 1.807) is 13.3 Å². The second-order valence-electron chi connectivity index (χ2n) is 2.10. The summed E-state index contributed by atoms with van der Waals surface area (Å²) >= 11 is 3.26. The van der Waals surface area contributed by atoms with E-state index >= 15 is 0 Å². The van der Waals surface area contributed by atoms with Crippen LogP contribution >= 0.6 is 15.9 Å². The van der Waals surface area contributed by atoms with Gasteiger partial charge in [0.2, 0.25) is 0 Å². The number of methoxy groups -OCH3 is 1. The molecule has 2 N–H and O–H groups in total. The van der Waals surface area contributed by atoms with Gasteiger partial charge in [0.1, 0.15) is 5.75 Å². The highest BCUT2D eigenvalue weighted by Gasteiger charge is 1.97. The summed E-state index contributed by atoms with van der Waals surface area (Å²) in [6.07, 6.45) is 3.09. The number of ether oxygens (including phenoxy) is 1. The fourth-order valence-corrected chi connectivity index (χ4v) is 0.962. The maximum absolute atomic E-state index is 5.29. The molecule has 0 saturated carbocycles. The molecule has 1 heterocycles. The third-order valence-corrected chi connectivity index (χ3v) is 2.03. The molecular weight excluding hydrogens is 220 g/mol. The van der Waals surface area contributed by atoms with Crippen LogP contribution in [0, 0.1) is 0 Å². The Labute approximate surface area is 79.4 Å². The topological polar surface area (TPSA) is 48.1 Å². The van der Waals surface area contributed by atoms with Crippen LogP contribution < -0.4 is 10.5 Å². The summed E-state index contributed by atoms with van der Waals surface area (Å²) in [6.45, 7) is 0. The van der Waals surface area contributed by atoms with Crippen molar-refractivity contribution in [2.75, 3.05) is 7.11 Å². The monoisotopic (exact) mass is 228 g/mol. The zero-order valence-corrected chi connectivity index (χ0v) is 8.21. The standard InChI is InChI=1S/C8H9BrN2O/c1-12-6-2-3-8(11-5-6)7(9)4-10/h2-5H,10H2,1H3. The van der Waals surface area contributed by atoms with Crippen LogP contribution in [-0.2, 0) is 0 Å². The third-order valence-electron chi connectivity index (χ3n) is 1.36. The quantitative estimate of drug-likeness (QED) is 0.840. The van der Waals surface area contributed by atoms with Crippen molar-refractivity contribution >= 4 is 20.4 Å². The van der Waals surface area contributed by atoms with Crippen molar-refractivity contribution in [3.05, 3.63) is 30.2 Å². The Balaban J connectivity index is 2.92. The molecule has 0 fully saturated rings. The molecule has 1 aromatic rings. The minimum atomic E-state index is 0.732. The van der Waals surface area contributed by atoms with E-state index in [1.807, 2.05) is 12.1 Å². The van der Waals surface area contributed by atoms with Crippen LogP contribution in [0.3, 0.4) is 0 Å². The first-order chi connectivity index (χ1) is 5.77. The number of rotatable bonds is 2. The van der Waals surface area contributed by atoms with Crippen molar-refractivity contribution in [2.45, 2.75) is 0 Å². The van der Waals surface area contributed by atoms with E-state index in [9.17, 15) is 0 Å². The molecule has 0 saturated heterocycles. The summed E-state index contributed by atoms with van der Waals surface area (Å²) in [6, 6.07) is 3.65. The molecule has 0 atom stereocenters. The highest BCUT2D eigenvalue weighted by molar-refractivity contribution is 9.15. The summed E-state index contributed by atoms with van der Waals surface area (Å²) in [4.78, 5) is 4.10. The molecule has 0 bridgehead atoms. The maximum Gasteiger partial charge on any atom is 0.137 e. The van der Waals surface area contributed by atoms with E-state index in [0.29, 0.717) is 0 Å². The van der Waals surface area contributed by atoms with Gasteiger partial charge in [-0.3, -0.25) is 4.98 Å². The largest absolute Gasteiger partial charge is 0.495 e. The number of nitrogens with zero attached hydrogens (tertiary/aromatic N) is 1. The van der Waals surface area contributed by atoms with Crippen LogP contribution in [0.25, 0.3) is 4.48 Å². The van der Waals surface area contributed by atoms with Crippen LogP contribution in [0.1, 0.15) is 5.69 Å². The molecule has 4 heteroatoms. The Bertz CT molecular complexity index is 282. The highest BCUT2D eigenvalue weighted by atomic mass is 79.9. The van der Waals surface area contributed by atoms with E-state index in [0.717, 1.165) is 15.9 Å². The summed E-state index contributed by atoms with van der Waals surface area (Å²) < 4.78 is 5.72. The lowest BCUT2D eigenvalue weighted by molar-refractivity contribution is 0.413. The van der Waals surface area contributed by atoms with Gasteiger partial charge in [-0.25, -0.2) is 0 Å². The van der Waals surface area contributed by atoms with Crippen LogP contribution in [0.4, 0.5) is 0 Å². The smallest absolute Gasteiger partial charge is 0.137 e. The minimum Gasteiger partial charge on any atom is -0.495 e. The van der Waals surface area contributed by atoms with Crippen LogP contribution in [0.15, 0.2) is 24.5 Å². The van der Waals surface area contributed by atoms with E-state index in [2.05, 4.69) is 20.9 Å². The lowest BCUT2D eigenvalue weighted by Gasteiger charge is -2.00. The molecule has 64 valence electrons. The van der Waals surface area contributed by atoms with Crippen molar-refractivity contribution < 1.29 is 4.74 Å². The van der Waals surface area contributed by atoms with Gasteiger partial charge in [-0.1, -0.05) is 0 Å². The molecule has 3 nitrogen and oxygen atoms in total.